The molecular weight excluding hydrogens is 809 g/mol. The van der Waals surface area contributed by atoms with Gasteiger partial charge in [-0.2, -0.15) is 4.98 Å². The van der Waals surface area contributed by atoms with Crippen molar-refractivity contribution in [2.45, 2.75) is 76.2 Å². The highest BCUT2D eigenvalue weighted by molar-refractivity contribution is 5.85. The highest BCUT2D eigenvalue weighted by atomic mass is 16.6. The van der Waals surface area contributed by atoms with Gasteiger partial charge in [-0.05, 0) is 60.7 Å². The zero-order chi connectivity index (χ0) is 44.7. The average Bonchev–Trinajstić information content (AvgIpc) is 3.83. The summed E-state index contributed by atoms with van der Waals surface area (Å²) >= 11 is 0. The largest absolute Gasteiger partial charge is 0.497 e. The molecule has 1 amide bonds. The number of amides is 1. The number of carbonyl (C=O) groups excluding carboxylic acids is 1. The highest BCUT2D eigenvalue weighted by Gasteiger charge is 2.55. The zero-order valence-electron chi connectivity index (χ0n) is 36.7. The van der Waals surface area contributed by atoms with Crippen molar-refractivity contribution < 1.29 is 38.3 Å². The summed E-state index contributed by atoms with van der Waals surface area (Å²) in [6.07, 6.45) is 0.342. The Kier molecular flexibility index (Phi) is 13.4. The molecule has 0 aliphatic carbocycles. The van der Waals surface area contributed by atoms with Crippen LogP contribution in [0, 0.1) is 0 Å². The van der Waals surface area contributed by atoms with E-state index in [0.29, 0.717) is 34.8 Å². The second kappa shape index (κ2) is 19.4. The topological polar surface area (TPSA) is 127 Å². The number of benzene rings is 5. The number of aliphatic hydroxyl groups excluding tert-OH is 1. The van der Waals surface area contributed by atoms with Crippen molar-refractivity contribution in [3.05, 3.63) is 191 Å². The second-order valence-corrected chi connectivity index (χ2v) is 16.7. The lowest BCUT2D eigenvalue weighted by molar-refractivity contribution is -0.0611. The Hall–Kier alpha value is -6.57. The van der Waals surface area contributed by atoms with Gasteiger partial charge in [0, 0.05) is 11.8 Å². The highest BCUT2D eigenvalue weighted by Crippen LogP contribution is 2.46. The van der Waals surface area contributed by atoms with Crippen LogP contribution in [0.25, 0.3) is 11.0 Å². The van der Waals surface area contributed by atoms with Crippen LogP contribution in [0.15, 0.2) is 158 Å². The summed E-state index contributed by atoms with van der Waals surface area (Å²) < 4.78 is 39.7. The van der Waals surface area contributed by atoms with E-state index in [1.165, 1.54) is 6.33 Å². The Bertz CT molecular complexity index is 2490. The van der Waals surface area contributed by atoms with Gasteiger partial charge in [0.2, 0.25) is 5.88 Å². The van der Waals surface area contributed by atoms with E-state index < -0.39 is 41.6 Å². The van der Waals surface area contributed by atoms with Gasteiger partial charge in [-0.3, -0.25) is 4.90 Å². The van der Waals surface area contributed by atoms with Crippen molar-refractivity contribution in [3.8, 4) is 11.6 Å². The quantitative estimate of drug-likeness (QED) is 0.0940. The van der Waals surface area contributed by atoms with E-state index in [1.807, 2.05) is 177 Å². The summed E-state index contributed by atoms with van der Waals surface area (Å²) in [6, 6.07) is 45.4. The summed E-state index contributed by atoms with van der Waals surface area (Å²) in [5.41, 5.74) is 4.02. The van der Waals surface area contributed by atoms with Crippen molar-refractivity contribution in [2.75, 3.05) is 20.8 Å². The first-order valence-corrected chi connectivity index (χ1v) is 21.3. The van der Waals surface area contributed by atoms with Gasteiger partial charge in [0.25, 0.3) is 0 Å². The number of carbonyl (C=O) groups is 1. The number of nitrogens with zero attached hydrogens (tertiary/aromatic N) is 4. The van der Waals surface area contributed by atoms with Gasteiger partial charge >= 0.3 is 6.09 Å². The number of likely N-dealkylation sites (tertiary alicyclic amines) is 1. The van der Waals surface area contributed by atoms with E-state index >= 15 is 0 Å². The molecule has 0 bridgehead atoms. The lowest BCUT2D eigenvalue weighted by atomic mass is 9.80. The number of methoxy groups -OCH3 is 2. The van der Waals surface area contributed by atoms with E-state index in [1.54, 1.807) is 19.1 Å². The first-order chi connectivity index (χ1) is 31.1. The summed E-state index contributed by atoms with van der Waals surface area (Å²) in [4.78, 5) is 25.8. The molecule has 7 aromatic rings. The lowest BCUT2D eigenvalue weighted by Gasteiger charge is -2.39. The number of fused-ring (bicyclic) bond motifs is 1. The maximum absolute atomic E-state index is 15.0. The van der Waals surface area contributed by atoms with Gasteiger partial charge in [0.1, 0.15) is 53.3 Å². The van der Waals surface area contributed by atoms with Crippen molar-refractivity contribution in [1.29, 1.82) is 0 Å². The Morgan fingerprint density at radius 1 is 0.703 bits per heavy atom. The van der Waals surface area contributed by atoms with E-state index in [2.05, 4.69) is 4.98 Å². The average molecular weight is 863 g/mol. The molecule has 1 aliphatic rings. The molecule has 64 heavy (non-hydrogen) atoms. The fourth-order valence-electron chi connectivity index (χ4n) is 8.52. The minimum absolute atomic E-state index is 0.106. The van der Waals surface area contributed by atoms with Gasteiger partial charge in [0.05, 0.1) is 46.1 Å². The Morgan fingerprint density at radius 3 is 1.81 bits per heavy atom. The lowest BCUT2D eigenvalue weighted by Crippen LogP contribution is -2.47. The van der Waals surface area contributed by atoms with Crippen LogP contribution >= 0.6 is 0 Å². The summed E-state index contributed by atoms with van der Waals surface area (Å²) in [7, 11) is 3.16. The van der Waals surface area contributed by atoms with Crippen molar-refractivity contribution in [3.63, 3.8) is 0 Å². The molecule has 1 aliphatic heterocycles. The van der Waals surface area contributed by atoms with E-state index in [-0.39, 0.29) is 19.9 Å². The third-order valence-electron chi connectivity index (χ3n) is 11.4. The smallest absolute Gasteiger partial charge is 0.411 e. The number of rotatable bonds is 16. The summed E-state index contributed by atoms with van der Waals surface area (Å²) in [6.45, 7) is 5.87. The van der Waals surface area contributed by atoms with Crippen LogP contribution < -0.4 is 9.47 Å². The van der Waals surface area contributed by atoms with Crippen LogP contribution in [0.5, 0.6) is 11.6 Å². The number of aliphatic hydroxyl groups is 1. The third kappa shape index (κ3) is 9.22. The third-order valence-corrected chi connectivity index (χ3v) is 11.4. The minimum Gasteiger partial charge on any atom is -0.497 e. The zero-order valence-corrected chi connectivity index (χ0v) is 36.7. The van der Waals surface area contributed by atoms with Crippen LogP contribution in [-0.4, -0.2) is 75.3 Å². The second-order valence-electron chi connectivity index (χ2n) is 16.7. The van der Waals surface area contributed by atoms with Gasteiger partial charge in [-0.25, -0.2) is 9.78 Å². The molecule has 5 aromatic carbocycles. The van der Waals surface area contributed by atoms with Gasteiger partial charge in [-0.1, -0.05) is 133 Å². The van der Waals surface area contributed by atoms with E-state index in [9.17, 15) is 9.90 Å². The minimum atomic E-state index is -1.28. The maximum atomic E-state index is 15.0. The number of hydrogen-bond acceptors (Lipinski definition) is 10. The molecule has 1 N–H and O–H groups in total. The molecule has 3 heterocycles. The van der Waals surface area contributed by atoms with E-state index in [0.717, 1.165) is 27.8 Å². The number of aromatic nitrogens is 3. The van der Waals surface area contributed by atoms with Crippen LogP contribution in [0.4, 0.5) is 4.79 Å². The first-order valence-electron chi connectivity index (χ1n) is 21.3. The molecular formula is C52H54N4O8. The molecule has 12 heteroatoms. The van der Waals surface area contributed by atoms with Crippen molar-refractivity contribution >= 4 is 17.1 Å². The Balaban J connectivity index is 1.27. The molecule has 1 fully saturated rings. The Morgan fingerprint density at radius 2 is 1.27 bits per heavy atom. The SMILES string of the molecule is COc1ccc(CO[C@@H]2[C@H](O)C(COC(c3ccccc3)(c3ccccc3)c3ccccc3)N(C(=O)OC(C)(C)C)[C@H]2c2cn(COCc3ccccc3)c3c(OC)ncnc23)cc1. The molecule has 1 unspecified atom stereocenters. The van der Waals surface area contributed by atoms with Crippen LogP contribution in [0.2, 0.25) is 0 Å². The monoisotopic (exact) mass is 862 g/mol. The molecule has 8 rings (SSSR count). The molecule has 0 spiro atoms. The summed E-state index contributed by atoms with van der Waals surface area (Å²) in [5, 5.41) is 12.9. The maximum Gasteiger partial charge on any atom is 0.411 e. The fraction of sp³-hybridized carbons (Fsp3) is 0.288. The Labute approximate surface area is 373 Å². The summed E-state index contributed by atoms with van der Waals surface area (Å²) in [5.74, 6) is 1.02. The fourth-order valence-corrected chi connectivity index (χ4v) is 8.52. The predicted octanol–water partition coefficient (Wildman–Crippen LogP) is 9.24. The molecule has 0 saturated carbocycles. The molecule has 0 radical (unpaired) electrons. The first kappa shape index (κ1) is 44.1. The molecule has 2 aromatic heterocycles. The molecule has 330 valence electrons. The normalized spacial score (nSPS) is 17.7. The van der Waals surface area contributed by atoms with Gasteiger partial charge in [0.15, 0.2) is 0 Å². The van der Waals surface area contributed by atoms with Crippen LogP contribution in [0.3, 0.4) is 0 Å². The molecule has 1 saturated heterocycles. The standard InChI is InChI=1S/C52H54N4O8/c1-51(2,3)64-50(58)56-43(33-63-52(38-20-12-7-13-21-38,39-22-14-8-15-23-39)40-24-16-9-17-25-40)47(57)48(62-32-37-26-28-41(59-4)29-27-37)45(56)42-30-55(35-61-31-36-18-10-6-11-19-36)46-44(42)53-34-54-49(46)60-5/h6-30,34,43,45,47-48,57H,31-33,35H2,1-5H3/t43?,45-,47+,48-/m0/s1. The van der Waals surface area contributed by atoms with Gasteiger partial charge in [-0.15, -0.1) is 0 Å². The molecule has 4 atom stereocenters. The van der Waals surface area contributed by atoms with Crippen molar-refractivity contribution in [1.82, 2.24) is 19.4 Å². The van der Waals surface area contributed by atoms with Crippen LogP contribution in [0.1, 0.15) is 60.2 Å². The predicted molar refractivity (Wildman–Crippen MR) is 243 cm³/mol. The van der Waals surface area contributed by atoms with Crippen LogP contribution in [-0.2, 0) is 44.5 Å². The van der Waals surface area contributed by atoms with Gasteiger partial charge < -0.3 is 38.1 Å². The number of ether oxygens (including phenoxy) is 6. The van der Waals surface area contributed by atoms with Crippen molar-refractivity contribution in [2.24, 2.45) is 0 Å². The number of hydrogen-bond donors (Lipinski definition) is 1. The van der Waals surface area contributed by atoms with E-state index in [4.69, 9.17) is 33.4 Å². The molecule has 12 nitrogen and oxygen atoms in total.